The van der Waals surface area contributed by atoms with Crippen LogP contribution in [0.2, 0.25) is 5.02 Å². The Labute approximate surface area is 232 Å². The number of nitrogens with zero attached hydrogens (tertiary/aromatic N) is 1. The molecule has 0 bridgehead atoms. The lowest BCUT2D eigenvalue weighted by Crippen LogP contribution is -2.33. The Kier molecular flexibility index (Phi) is 8.39. The van der Waals surface area contributed by atoms with Crippen molar-refractivity contribution in [3.63, 3.8) is 0 Å². The SMILES string of the molecule is CNC(=O)c1c(-c2ccc(Nc3ccc(Cl)cc3)cc2)oc2cc(N(CCO)S(C)(=O)=O)c(OC(C)C)cc12. The summed E-state index contributed by atoms with van der Waals surface area (Å²) in [5.74, 6) is 0.199. The van der Waals surface area contributed by atoms with Crippen molar-refractivity contribution in [1.29, 1.82) is 0 Å². The number of rotatable bonds is 10. The predicted octanol–water partition coefficient (Wildman–Crippen LogP) is 5.40. The quantitative estimate of drug-likeness (QED) is 0.233. The molecular formula is C28H30ClN3O6S. The number of nitrogens with one attached hydrogen (secondary N) is 2. The first-order chi connectivity index (χ1) is 18.5. The zero-order valence-corrected chi connectivity index (χ0v) is 23.6. The second-order valence-corrected chi connectivity index (χ2v) is 11.5. The number of ether oxygens (including phenoxy) is 1. The molecule has 0 unspecified atom stereocenters. The molecule has 0 saturated heterocycles. The largest absolute Gasteiger partial charge is 0.489 e. The van der Waals surface area contributed by atoms with Gasteiger partial charge in [-0.05, 0) is 68.4 Å². The van der Waals surface area contributed by atoms with Gasteiger partial charge in [0.2, 0.25) is 10.0 Å². The molecule has 206 valence electrons. The minimum Gasteiger partial charge on any atom is -0.489 e. The number of hydrogen-bond donors (Lipinski definition) is 3. The Hall–Kier alpha value is -3.73. The van der Waals surface area contributed by atoms with Crippen molar-refractivity contribution in [2.45, 2.75) is 20.0 Å². The normalized spacial score (nSPS) is 11.6. The van der Waals surface area contributed by atoms with Crippen LogP contribution in [0, 0.1) is 0 Å². The van der Waals surface area contributed by atoms with Crippen molar-refractivity contribution in [1.82, 2.24) is 5.32 Å². The number of sulfonamides is 1. The van der Waals surface area contributed by atoms with E-state index in [0.29, 0.717) is 32.9 Å². The molecule has 11 heteroatoms. The number of fused-ring (bicyclic) bond motifs is 1. The molecule has 0 aliphatic heterocycles. The van der Waals surface area contributed by atoms with E-state index >= 15 is 0 Å². The molecule has 1 aromatic heterocycles. The number of amides is 1. The molecule has 9 nitrogen and oxygen atoms in total. The first kappa shape index (κ1) is 28.3. The van der Waals surface area contributed by atoms with Crippen molar-refractivity contribution >= 4 is 55.6 Å². The average Bonchev–Trinajstić information content (AvgIpc) is 3.25. The molecule has 4 aromatic rings. The number of aliphatic hydroxyl groups excluding tert-OH is 1. The second kappa shape index (κ2) is 11.6. The number of benzene rings is 3. The molecule has 1 heterocycles. The van der Waals surface area contributed by atoms with Gasteiger partial charge in [0, 0.05) is 40.5 Å². The molecule has 3 aromatic carbocycles. The number of aliphatic hydroxyl groups is 1. The summed E-state index contributed by atoms with van der Waals surface area (Å²) in [7, 11) is -2.23. The summed E-state index contributed by atoms with van der Waals surface area (Å²) < 4.78 is 38.4. The van der Waals surface area contributed by atoms with Crippen LogP contribution < -0.4 is 19.7 Å². The van der Waals surface area contributed by atoms with Crippen LogP contribution in [0.25, 0.3) is 22.3 Å². The van der Waals surface area contributed by atoms with Crippen LogP contribution in [-0.4, -0.2) is 52.0 Å². The number of furan rings is 1. The third kappa shape index (κ3) is 6.30. The average molecular weight is 572 g/mol. The molecular weight excluding hydrogens is 542 g/mol. The van der Waals surface area contributed by atoms with Crippen LogP contribution in [0.5, 0.6) is 5.75 Å². The van der Waals surface area contributed by atoms with Crippen LogP contribution in [0.1, 0.15) is 24.2 Å². The van der Waals surface area contributed by atoms with Gasteiger partial charge in [0.05, 0.1) is 36.8 Å². The number of anilines is 3. The van der Waals surface area contributed by atoms with Crippen molar-refractivity contribution in [3.8, 4) is 17.1 Å². The number of hydrogen-bond acceptors (Lipinski definition) is 7. The summed E-state index contributed by atoms with van der Waals surface area (Å²) in [4.78, 5) is 13.1. The molecule has 0 atom stereocenters. The highest BCUT2D eigenvalue weighted by Gasteiger charge is 2.27. The van der Waals surface area contributed by atoms with Crippen molar-refractivity contribution in [3.05, 3.63) is 71.2 Å². The van der Waals surface area contributed by atoms with Gasteiger partial charge < -0.3 is 24.9 Å². The van der Waals surface area contributed by atoms with Gasteiger partial charge in [0.1, 0.15) is 17.1 Å². The monoisotopic (exact) mass is 571 g/mol. The fraction of sp³-hybridized carbons (Fsp3) is 0.250. The molecule has 0 radical (unpaired) electrons. The Morgan fingerprint density at radius 1 is 1.08 bits per heavy atom. The van der Waals surface area contributed by atoms with Gasteiger partial charge in [-0.2, -0.15) is 0 Å². The summed E-state index contributed by atoms with van der Waals surface area (Å²) in [6, 6.07) is 17.8. The third-order valence-corrected chi connectivity index (χ3v) is 7.27. The highest BCUT2D eigenvalue weighted by molar-refractivity contribution is 7.92. The van der Waals surface area contributed by atoms with Crippen LogP contribution >= 0.6 is 11.6 Å². The maximum absolute atomic E-state index is 13.1. The minimum atomic E-state index is -3.76. The summed E-state index contributed by atoms with van der Waals surface area (Å²) >= 11 is 5.97. The molecule has 0 aliphatic carbocycles. The topological polar surface area (TPSA) is 121 Å². The molecule has 0 aliphatic rings. The Balaban J connectivity index is 1.84. The highest BCUT2D eigenvalue weighted by Crippen LogP contribution is 2.41. The summed E-state index contributed by atoms with van der Waals surface area (Å²) in [6.07, 6.45) is 0.766. The highest BCUT2D eigenvalue weighted by atomic mass is 35.5. The van der Waals surface area contributed by atoms with Gasteiger partial charge in [0.15, 0.2) is 0 Å². The fourth-order valence-corrected chi connectivity index (χ4v) is 5.21. The zero-order chi connectivity index (χ0) is 28.3. The van der Waals surface area contributed by atoms with Gasteiger partial charge in [-0.3, -0.25) is 9.10 Å². The van der Waals surface area contributed by atoms with Gasteiger partial charge in [-0.25, -0.2) is 8.42 Å². The molecule has 1 amide bonds. The maximum atomic E-state index is 13.1. The van der Waals surface area contributed by atoms with E-state index in [1.165, 1.54) is 13.1 Å². The van der Waals surface area contributed by atoms with E-state index in [4.69, 9.17) is 20.8 Å². The molecule has 0 spiro atoms. The minimum absolute atomic E-state index is 0.170. The van der Waals surface area contributed by atoms with Crippen molar-refractivity contribution < 1.29 is 27.5 Å². The van der Waals surface area contributed by atoms with E-state index in [2.05, 4.69) is 10.6 Å². The fourth-order valence-electron chi connectivity index (χ4n) is 4.17. The van der Waals surface area contributed by atoms with Gasteiger partial charge in [-0.15, -0.1) is 0 Å². The van der Waals surface area contributed by atoms with Gasteiger partial charge in [0.25, 0.3) is 5.91 Å². The lowest BCUT2D eigenvalue weighted by atomic mass is 10.0. The standard InChI is InChI=1S/C28H30ClN3O6S/c1-17(2)37-25-15-22-24(16-23(25)32(13-14-33)39(4,35)36)38-27(26(22)28(34)30-3)18-5-9-20(10-6-18)31-21-11-7-19(29)8-12-21/h5-12,15-17,31,33H,13-14H2,1-4H3,(H,30,34). The van der Waals surface area contributed by atoms with E-state index in [0.717, 1.165) is 21.9 Å². The van der Waals surface area contributed by atoms with Crippen LogP contribution in [0.3, 0.4) is 0 Å². The summed E-state index contributed by atoms with van der Waals surface area (Å²) in [5, 5.41) is 16.6. The lowest BCUT2D eigenvalue weighted by molar-refractivity contribution is 0.0964. The van der Waals surface area contributed by atoms with E-state index in [1.807, 2.05) is 50.2 Å². The molecule has 4 rings (SSSR count). The van der Waals surface area contributed by atoms with Crippen LogP contribution in [0.4, 0.5) is 17.1 Å². The summed E-state index contributed by atoms with van der Waals surface area (Å²) in [6.45, 7) is 3.06. The van der Waals surface area contributed by atoms with E-state index in [-0.39, 0.29) is 30.0 Å². The van der Waals surface area contributed by atoms with Crippen LogP contribution in [-0.2, 0) is 10.0 Å². The van der Waals surface area contributed by atoms with Crippen molar-refractivity contribution in [2.75, 3.05) is 36.1 Å². The Morgan fingerprint density at radius 2 is 1.69 bits per heavy atom. The Morgan fingerprint density at radius 3 is 2.23 bits per heavy atom. The second-order valence-electron chi connectivity index (χ2n) is 9.14. The lowest BCUT2D eigenvalue weighted by Gasteiger charge is -2.25. The zero-order valence-electron chi connectivity index (χ0n) is 22.0. The molecule has 3 N–H and O–H groups in total. The third-order valence-electron chi connectivity index (χ3n) is 5.84. The van der Waals surface area contributed by atoms with Crippen molar-refractivity contribution in [2.24, 2.45) is 0 Å². The van der Waals surface area contributed by atoms with E-state index in [9.17, 15) is 18.3 Å². The van der Waals surface area contributed by atoms with E-state index < -0.39 is 16.6 Å². The molecule has 0 fully saturated rings. The number of carbonyl (C=O) groups excluding carboxylic acids is 1. The van der Waals surface area contributed by atoms with Gasteiger partial charge in [-0.1, -0.05) is 11.6 Å². The molecule has 0 saturated carbocycles. The van der Waals surface area contributed by atoms with E-state index in [1.54, 1.807) is 18.2 Å². The summed E-state index contributed by atoms with van der Waals surface area (Å²) in [5.41, 5.74) is 3.13. The number of carbonyl (C=O) groups is 1. The Bertz CT molecular complexity index is 1580. The smallest absolute Gasteiger partial charge is 0.255 e. The van der Waals surface area contributed by atoms with Crippen LogP contribution in [0.15, 0.2) is 65.1 Å². The maximum Gasteiger partial charge on any atom is 0.255 e. The molecule has 39 heavy (non-hydrogen) atoms. The first-order valence-electron chi connectivity index (χ1n) is 12.2. The predicted molar refractivity (Wildman–Crippen MR) is 155 cm³/mol. The van der Waals surface area contributed by atoms with Gasteiger partial charge >= 0.3 is 0 Å². The number of halogens is 1. The first-order valence-corrected chi connectivity index (χ1v) is 14.4.